The lowest BCUT2D eigenvalue weighted by Gasteiger charge is -2.17. The monoisotopic (exact) mass is 357 g/mol. The molecule has 25 heavy (non-hydrogen) atoms. The molecule has 0 aliphatic heterocycles. The van der Waals surface area contributed by atoms with Crippen LogP contribution in [0.2, 0.25) is 5.02 Å². The molecule has 1 unspecified atom stereocenters. The minimum atomic E-state index is -0.357. The van der Waals surface area contributed by atoms with Crippen molar-refractivity contribution in [1.29, 1.82) is 0 Å². The Kier molecular flexibility index (Phi) is 5.19. The van der Waals surface area contributed by atoms with Crippen molar-refractivity contribution in [2.24, 2.45) is 0 Å². The fraction of sp³-hybridized carbons (Fsp3) is 0.278. The lowest BCUT2D eigenvalue weighted by Crippen LogP contribution is -2.27. The summed E-state index contributed by atoms with van der Waals surface area (Å²) in [7, 11) is 0. The second-order valence-corrected chi connectivity index (χ2v) is 6.30. The second kappa shape index (κ2) is 7.53. The van der Waals surface area contributed by atoms with Crippen molar-refractivity contribution in [3.05, 3.63) is 65.1 Å². The maximum absolute atomic E-state index is 12.7. The van der Waals surface area contributed by atoms with Gasteiger partial charge in [-0.25, -0.2) is 4.68 Å². The molecule has 2 heterocycles. The van der Waals surface area contributed by atoms with Crippen LogP contribution in [0.25, 0.3) is 0 Å². The van der Waals surface area contributed by atoms with Crippen LogP contribution in [0.3, 0.4) is 0 Å². The fourth-order valence-corrected chi connectivity index (χ4v) is 2.94. The van der Waals surface area contributed by atoms with E-state index in [1.165, 1.54) is 0 Å². The molecule has 1 aromatic carbocycles. The van der Waals surface area contributed by atoms with Crippen LogP contribution in [0.5, 0.6) is 0 Å². The predicted molar refractivity (Wildman–Crippen MR) is 97.7 cm³/mol. The summed E-state index contributed by atoms with van der Waals surface area (Å²) in [6, 6.07) is 9.05. The molecule has 0 bridgehead atoms. The van der Waals surface area contributed by atoms with Gasteiger partial charge in [0.1, 0.15) is 11.9 Å². The topological polar surface area (TPSA) is 64.7 Å². The average Bonchev–Trinajstić information content (AvgIpc) is 3.21. The maximum atomic E-state index is 12.7. The van der Waals surface area contributed by atoms with Gasteiger partial charge in [-0.3, -0.25) is 9.48 Å². The molecule has 0 aliphatic carbocycles. The van der Waals surface area contributed by atoms with Crippen LogP contribution in [0, 0.1) is 6.92 Å². The fourth-order valence-electron chi connectivity index (χ4n) is 2.73. The molecule has 0 radical (unpaired) electrons. The molecule has 0 saturated carbocycles. The summed E-state index contributed by atoms with van der Waals surface area (Å²) in [6.07, 6.45) is 5.86. The van der Waals surface area contributed by atoms with E-state index in [9.17, 15) is 4.79 Å². The van der Waals surface area contributed by atoms with Crippen molar-refractivity contribution in [3.63, 3.8) is 0 Å². The number of hydrogen-bond donors (Lipinski definition) is 1. The number of anilines is 1. The molecular weight excluding hydrogens is 338 g/mol. The number of amides is 1. The number of carbonyl (C=O) groups is 1. The third-order valence-corrected chi connectivity index (χ3v) is 4.25. The Morgan fingerprint density at radius 3 is 2.84 bits per heavy atom. The van der Waals surface area contributed by atoms with Crippen LogP contribution < -0.4 is 5.32 Å². The van der Waals surface area contributed by atoms with Crippen LogP contribution in [-0.2, 0) is 11.3 Å². The Morgan fingerprint density at radius 1 is 1.32 bits per heavy atom. The minimum Gasteiger partial charge on any atom is -0.309 e. The number of aromatic nitrogens is 4. The molecule has 3 rings (SSSR count). The van der Waals surface area contributed by atoms with Gasteiger partial charge < -0.3 is 5.32 Å². The largest absolute Gasteiger partial charge is 0.309 e. The van der Waals surface area contributed by atoms with E-state index < -0.39 is 0 Å². The highest BCUT2D eigenvalue weighted by Gasteiger charge is 2.21. The molecule has 130 valence electrons. The van der Waals surface area contributed by atoms with Gasteiger partial charge in [0.2, 0.25) is 5.91 Å². The van der Waals surface area contributed by atoms with Gasteiger partial charge >= 0.3 is 0 Å². The highest BCUT2D eigenvalue weighted by Crippen LogP contribution is 2.20. The zero-order valence-corrected chi connectivity index (χ0v) is 14.9. The van der Waals surface area contributed by atoms with E-state index in [-0.39, 0.29) is 11.9 Å². The Labute approximate surface area is 151 Å². The highest BCUT2D eigenvalue weighted by molar-refractivity contribution is 6.30. The van der Waals surface area contributed by atoms with E-state index in [1.54, 1.807) is 28.0 Å². The lowest BCUT2D eigenvalue weighted by atomic mass is 10.2. The minimum absolute atomic E-state index is 0.109. The number of rotatable bonds is 6. The number of nitrogens with one attached hydrogen (secondary N) is 1. The van der Waals surface area contributed by atoms with E-state index in [0.29, 0.717) is 23.8 Å². The third kappa shape index (κ3) is 3.91. The Hall–Kier alpha value is -2.60. The second-order valence-electron chi connectivity index (χ2n) is 5.86. The standard InChI is InChI=1S/C18H20ClN5O/c1-3-16(23-9-5-8-20-23)18(25)22-17-13(2)11-21-24(17)12-14-6-4-7-15(19)10-14/h4-11,16H,3,12H2,1-2H3,(H,22,25). The van der Waals surface area contributed by atoms with E-state index in [0.717, 1.165) is 11.1 Å². The van der Waals surface area contributed by atoms with Crippen LogP contribution in [0.1, 0.15) is 30.5 Å². The Bertz CT molecular complexity index is 856. The van der Waals surface area contributed by atoms with Crippen LogP contribution >= 0.6 is 11.6 Å². The van der Waals surface area contributed by atoms with Gasteiger partial charge in [0.05, 0.1) is 12.7 Å². The number of halogens is 1. The highest BCUT2D eigenvalue weighted by atomic mass is 35.5. The van der Waals surface area contributed by atoms with Crippen molar-refractivity contribution >= 4 is 23.3 Å². The SMILES string of the molecule is CCC(C(=O)Nc1c(C)cnn1Cc1cccc(Cl)c1)n1cccn1. The van der Waals surface area contributed by atoms with Crippen molar-refractivity contribution in [2.45, 2.75) is 32.9 Å². The first-order valence-electron chi connectivity index (χ1n) is 8.15. The summed E-state index contributed by atoms with van der Waals surface area (Å²) in [5.41, 5.74) is 1.93. The van der Waals surface area contributed by atoms with Crippen molar-refractivity contribution in [2.75, 3.05) is 5.32 Å². The van der Waals surface area contributed by atoms with Gasteiger partial charge in [0, 0.05) is 23.0 Å². The summed E-state index contributed by atoms with van der Waals surface area (Å²) in [4.78, 5) is 12.7. The van der Waals surface area contributed by atoms with Crippen LogP contribution in [0.4, 0.5) is 5.82 Å². The molecule has 1 atom stereocenters. The van der Waals surface area contributed by atoms with E-state index in [2.05, 4.69) is 15.5 Å². The molecule has 0 aliphatic rings. The molecule has 0 fully saturated rings. The van der Waals surface area contributed by atoms with Crippen molar-refractivity contribution in [1.82, 2.24) is 19.6 Å². The quantitative estimate of drug-likeness (QED) is 0.731. The third-order valence-electron chi connectivity index (χ3n) is 4.02. The Morgan fingerprint density at radius 2 is 2.16 bits per heavy atom. The molecule has 0 saturated heterocycles. The van der Waals surface area contributed by atoms with Crippen LogP contribution in [-0.4, -0.2) is 25.5 Å². The van der Waals surface area contributed by atoms with Crippen molar-refractivity contribution in [3.8, 4) is 0 Å². The number of benzene rings is 1. The molecule has 6 nitrogen and oxygen atoms in total. The summed E-state index contributed by atoms with van der Waals surface area (Å²) in [5.74, 6) is 0.581. The first kappa shape index (κ1) is 17.2. The zero-order valence-electron chi connectivity index (χ0n) is 14.2. The summed E-state index contributed by atoms with van der Waals surface area (Å²) in [6.45, 7) is 4.41. The summed E-state index contributed by atoms with van der Waals surface area (Å²) >= 11 is 6.05. The first-order chi connectivity index (χ1) is 12.1. The number of aryl methyl sites for hydroxylation is 1. The van der Waals surface area contributed by atoms with E-state index in [1.807, 2.05) is 44.2 Å². The van der Waals surface area contributed by atoms with Crippen molar-refractivity contribution < 1.29 is 4.79 Å². The van der Waals surface area contributed by atoms with E-state index >= 15 is 0 Å². The molecule has 1 amide bonds. The van der Waals surface area contributed by atoms with Gasteiger partial charge in [0.25, 0.3) is 0 Å². The smallest absolute Gasteiger partial charge is 0.250 e. The molecule has 1 N–H and O–H groups in total. The predicted octanol–water partition coefficient (Wildman–Crippen LogP) is 3.68. The van der Waals surface area contributed by atoms with Gasteiger partial charge in [-0.05, 0) is 37.1 Å². The van der Waals surface area contributed by atoms with Gasteiger partial charge in [-0.1, -0.05) is 30.7 Å². The Balaban J connectivity index is 1.80. The molecular formula is C18H20ClN5O. The average molecular weight is 358 g/mol. The van der Waals surface area contributed by atoms with Crippen LogP contribution in [0.15, 0.2) is 48.9 Å². The number of carbonyl (C=O) groups excluding carboxylic acids is 1. The summed E-state index contributed by atoms with van der Waals surface area (Å²) in [5, 5.41) is 12.2. The number of nitrogens with zero attached hydrogens (tertiary/aromatic N) is 4. The summed E-state index contributed by atoms with van der Waals surface area (Å²) < 4.78 is 3.44. The lowest BCUT2D eigenvalue weighted by molar-refractivity contribution is -0.119. The maximum Gasteiger partial charge on any atom is 0.250 e. The first-order valence-corrected chi connectivity index (χ1v) is 8.53. The van der Waals surface area contributed by atoms with Gasteiger partial charge in [0.15, 0.2) is 0 Å². The molecule has 7 heteroatoms. The molecule has 2 aromatic heterocycles. The van der Waals surface area contributed by atoms with E-state index in [4.69, 9.17) is 11.6 Å². The normalized spacial score (nSPS) is 12.1. The van der Waals surface area contributed by atoms with Gasteiger partial charge in [-0.2, -0.15) is 10.2 Å². The number of hydrogen-bond acceptors (Lipinski definition) is 3. The van der Waals surface area contributed by atoms with Gasteiger partial charge in [-0.15, -0.1) is 0 Å². The molecule has 0 spiro atoms. The molecule has 3 aromatic rings. The zero-order chi connectivity index (χ0) is 17.8.